The zero-order chi connectivity index (χ0) is 14.7. The predicted molar refractivity (Wildman–Crippen MR) is 85.0 cm³/mol. The Hall–Kier alpha value is -1.71. The molecule has 0 aliphatic heterocycles. The Balaban J connectivity index is 2.11. The molecule has 2 rings (SSSR count). The Morgan fingerprint density at radius 2 is 1.65 bits per heavy atom. The van der Waals surface area contributed by atoms with Crippen LogP contribution in [0.2, 0.25) is 10.0 Å². The van der Waals surface area contributed by atoms with E-state index in [4.69, 9.17) is 23.2 Å². The van der Waals surface area contributed by atoms with Gasteiger partial charge in [-0.2, -0.15) is 0 Å². The van der Waals surface area contributed by atoms with Crippen LogP contribution in [0, 0.1) is 13.8 Å². The molecule has 20 heavy (non-hydrogen) atoms. The fourth-order valence-corrected chi connectivity index (χ4v) is 2.32. The van der Waals surface area contributed by atoms with Gasteiger partial charge < -0.3 is 10.6 Å². The first-order chi connectivity index (χ1) is 9.45. The van der Waals surface area contributed by atoms with Crippen molar-refractivity contribution in [3.8, 4) is 0 Å². The summed E-state index contributed by atoms with van der Waals surface area (Å²) in [5.74, 6) is 0. The minimum Gasteiger partial charge on any atom is -0.308 e. The molecule has 2 aromatic rings. The number of anilines is 2. The molecule has 3 nitrogen and oxygen atoms in total. The van der Waals surface area contributed by atoms with E-state index in [1.54, 1.807) is 18.2 Å². The molecule has 0 fully saturated rings. The van der Waals surface area contributed by atoms with Crippen molar-refractivity contribution in [2.45, 2.75) is 13.8 Å². The molecule has 0 bridgehead atoms. The molecular weight excluding hydrogens is 295 g/mol. The maximum absolute atomic E-state index is 12.0. The Bertz CT molecular complexity index is 636. The predicted octanol–water partition coefficient (Wildman–Crippen LogP) is 5.25. The normalized spacial score (nSPS) is 10.2. The summed E-state index contributed by atoms with van der Waals surface area (Å²) in [5, 5.41) is 6.45. The van der Waals surface area contributed by atoms with Gasteiger partial charge in [-0.05, 0) is 49.2 Å². The second-order valence-corrected chi connectivity index (χ2v) is 5.36. The molecule has 0 aliphatic carbocycles. The number of rotatable bonds is 2. The van der Waals surface area contributed by atoms with Crippen LogP contribution in [0.5, 0.6) is 0 Å². The molecule has 0 atom stereocenters. The summed E-state index contributed by atoms with van der Waals surface area (Å²) in [7, 11) is 0. The molecule has 2 N–H and O–H groups in total. The average molecular weight is 309 g/mol. The Kier molecular flexibility index (Phi) is 4.53. The highest BCUT2D eigenvalue weighted by molar-refractivity contribution is 6.35. The lowest BCUT2D eigenvalue weighted by atomic mass is 10.1. The monoisotopic (exact) mass is 308 g/mol. The van der Waals surface area contributed by atoms with Crippen LogP contribution >= 0.6 is 23.2 Å². The van der Waals surface area contributed by atoms with E-state index < -0.39 is 0 Å². The van der Waals surface area contributed by atoms with Gasteiger partial charge in [-0.25, -0.2) is 4.79 Å². The molecule has 0 radical (unpaired) electrons. The van der Waals surface area contributed by atoms with Crippen LogP contribution in [0.3, 0.4) is 0 Å². The highest BCUT2D eigenvalue weighted by Crippen LogP contribution is 2.23. The lowest BCUT2D eigenvalue weighted by molar-refractivity contribution is 0.262. The van der Waals surface area contributed by atoms with Crippen molar-refractivity contribution in [3.63, 3.8) is 0 Å². The standard InChI is InChI=1S/C15H14Cl2N2O/c1-9-4-3-5-14(10(9)2)19-15(20)18-13-7-11(16)6-12(17)8-13/h3-8H,1-2H3,(H2,18,19,20). The second-order valence-electron chi connectivity index (χ2n) is 4.48. The van der Waals surface area contributed by atoms with Gasteiger partial charge in [0.05, 0.1) is 0 Å². The molecular formula is C15H14Cl2N2O. The van der Waals surface area contributed by atoms with Crippen molar-refractivity contribution in [1.82, 2.24) is 0 Å². The van der Waals surface area contributed by atoms with Crippen LogP contribution in [0.15, 0.2) is 36.4 Å². The minimum absolute atomic E-state index is 0.336. The van der Waals surface area contributed by atoms with Gasteiger partial charge in [0.1, 0.15) is 0 Å². The molecule has 0 aliphatic rings. The van der Waals surface area contributed by atoms with E-state index in [0.29, 0.717) is 15.7 Å². The van der Waals surface area contributed by atoms with Crippen LogP contribution < -0.4 is 10.6 Å². The van der Waals surface area contributed by atoms with Crippen molar-refractivity contribution >= 4 is 40.6 Å². The first kappa shape index (κ1) is 14.7. The summed E-state index contributed by atoms with van der Waals surface area (Å²) in [6.45, 7) is 3.95. The largest absolute Gasteiger partial charge is 0.323 e. The number of hydrogen-bond donors (Lipinski definition) is 2. The van der Waals surface area contributed by atoms with Gasteiger partial charge in [0, 0.05) is 21.4 Å². The van der Waals surface area contributed by atoms with Crippen molar-refractivity contribution in [2.24, 2.45) is 0 Å². The van der Waals surface area contributed by atoms with E-state index in [0.717, 1.165) is 16.8 Å². The number of benzene rings is 2. The topological polar surface area (TPSA) is 41.1 Å². The van der Waals surface area contributed by atoms with Crippen molar-refractivity contribution in [2.75, 3.05) is 10.6 Å². The summed E-state index contributed by atoms with van der Waals surface area (Å²) < 4.78 is 0. The van der Waals surface area contributed by atoms with Gasteiger partial charge in [0.15, 0.2) is 0 Å². The van der Waals surface area contributed by atoms with E-state index in [9.17, 15) is 4.79 Å². The summed E-state index contributed by atoms with van der Waals surface area (Å²) in [6, 6.07) is 10.3. The Morgan fingerprint density at radius 1 is 1.00 bits per heavy atom. The van der Waals surface area contributed by atoms with E-state index in [1.807, 2.05) is 32.0 Å². The van der Waals surface area contributed by atoms with Gasteiger partial charge in [-0.3, -0.25) is 0 Å². The summed E-state index contributed by atoms with van der Waals surface area (Å²) in [6.07, 6.45) is 0. The minimum atomic E-state index is -0.336. The van der Waals surface area contributed by atoms with Crippen molar-refractivity contribution in [1.29, 1.82) is 0 Å². The molecule has 0 unspecified atom stereocenters. The molecule has 2 aromatic carbocycles. The molecule has 0 saturated carbocycles. The molecule has 104 valence electrons. The average Bonchev–Trinajstić information content (AvgIpc) is 2.33. The second kappa shape index (κ2) is 6.16. The van der Waals surface area contributed by atoms with Gasteiger partial charge in [-0.15, -0.1) is 0 Å². The third kappa shape index (κ3) is 3.65. The van der Waals surface area contributed by atoms with Crippen LogP contribution in [0.1, 0.15) is 11.1 Å². The highest BCUT2D eigenvalue weighted by atomic mass is 35.5. The molecule has 0 aromatic heterocycles. The maximum Gasteiger partial charge on any atom is 0.323 e. The number of carbonyl (C=O) groups is 1. The highest BCUT2D eigenvalue weighted by Gasteiger charge is 2.07. The number of carbonyl (C=O) groups excluding carboxylic acids is 1. The molecule has 2 amide bonds. The maximum atomic E-state index is 12.0. The van der Waals surface area contributed by atoms with Gasteiger partial charge in [-0.1, -0.05) is 35.3 Å². The lowest BCUT2D eigenvalue weighted by Gasteiger charge is -2.11. The van der Waals surface area contributed by atoms with Crippen LogP contribution in [-0.4, -0.2) is 6.03 Å². The molecule has 0 saturated heterocycles. The lowest BCUT2D eigenvalue weighted by Crippen LogP contribution is -2.20. The van der Waals surface area contributed by atoms with Crippen LogP contribution in [0.25, 0.3) is 0 Å². The number of urea groups is 1. The van der Waals surface area contributed by atoms with E-state index >= 15 is 0 Å². The first-order valence-corrected chi connectivity index (χ1v) is 6.81. The smallest absolute Gasteiger partial charge is 0.308 e. The first-order valence-electron chi connectivity index (χ1n) is 6.06. The Labute approximate surface area is 127 Å². The number of halogens is 2. The van der Waals surface area contributed by atoms with E-state index in [2.05, 4.69) is 10.6 Å². The summed E-state index contributed by atoms with van der Waals surface area (Å²) in [5.41, 5.74) is 3.47. The Morgan fingerprint density at radius 3 is 2.30 bits per heavy atom. The molecule has 0 heterocycles. The fraction of sp³-hybridized carbons (Fsp3) is 0.133. The third-order valence-electron chi connectivity index (χ3n) is 2.97. The quantitative estimate of drug-likeness (QED) is 0.781. The molecule has 0 spiro atoms. The fourth-order valence-electron chi connectivity index (χ4n) is 1.80. The summed E-state index contributed by atoms with van der Waals surface area (Å²) >= 11 is 11.8. The zero-order valence-corrected chi connectivity index (χ0v) is 12.6. The van der Waals surface area contributed by atoms with Gasteiger partial charge in [0.25, 0.3) is 0 Å². The third-order valence-corrected chi connectivity index (χ3v) is 3.41. The van der Waals surface area contributed by atoms with Crippen molar-refractivity contribution < 1.29 is 4.79 Å². The van der Waals surface area contributed by atoms with Crippen molar-refractivity contribution in [3.05, 3.63) is 57.6 Å². The van der Waals surface area contributed by atoms with Crippen LogP contribution in [0.4, 0.5) is 16.2 Å². The number of nitrogens with one attached hydrogen (secondary N) is 2. The number of hydrogen-bond acceptors (Lipinski definition) is 1. The molecule has 5 heteroatoms. The number of aryl methyl sites for hydroxylation is 1. The SMILES string of the molecule is Cc1cccc(NC(=O)Nc2cc(Cl)cc(Cl)c2)c1C. The summed E-state index contributed by atoms with van der Waals surface area (Å²) in [4.78, 5) is 12.0. The van der Waals surface area contributed by atoms with E-state index in [-0.39, 0.29) is 6.03 Å². The van der Waals surface area contributed by atoms with Gasteiger partial charge in [0.2, 0.25) is 0 Å². The van der Waals surface area contributed by atoms with Crippen LogP contribution in [-0.2, 0) is 0 Å². The number of amides is 2. The van der Waals surface area contributed by atoms with E-state index in [1.165, 1.54) is 0 Å². The van der Waals surface area contributed by atoms with Gasteiger partial charge >= 0.3 is 6.03 Å². The zero-order valence-electron chi connectivity index (χ0n) is 11.1.